The molecule has 0 spiro atoms. The van der Waals surface area contributed by atoms with E-state index in [9.17, 15) is 9.18 Å². The van der Waals surface area contributed by atoms with Gasteiger partial charge in [0.25, 0.3) is 0 Å². The molecular formula is C21H22FN3O2. The summed E-state index contributed by atoms with van der Waals surface area (Å²) in [6, 6.07) is 13.7. The molecular weight excluding hydrogens is 345 g/mol. The van der Waals surface area contributed by atoms with Gasteiger partial charge in [-0.15, -0.1) is 0 Å². The van der Waals surface area contributed by atoms with Gasteiger partial charge in [-0.05, 0) is 49.7 Å². The molecule has 140 valence electrons. The van der Waals surface area contributed by atoms with Crippen LogP contribution in [0.1, 0.15) is 40.1 Å². The minimum absolute atomic E-state index is 0.0626. The number of methoxy groups -OCH3 is 1. The van der Waals surface area contributed by atoms with Crippen molar-refractivity contribution in [3.8, 4) is 5.69 Å². The summed E-state index contributed by atoms with van der Waals surface area (Å²) in [6.07, 6.45) is 1.80. The molecule has 0 aliphatic carbocycles. The molecule has 0 amide bonds. The van der Waals surface area contributed by atoms with Gasteiger partial charge in [0.2, 0.25) is 0 Å². The quantitative estimate of drug-likeness (QED) is 0.670. The van der Waals surface area contributed by atoms with Crippen molar-refractivity contribution in [2.24, 2.45) is 0 Å². The maximum atomic E-state index is 13.5. The number of carbonyl (C=O) groups is 1. The van der Waals surface area contributed by atoms with E-state index in [1.165, 1.54) is 19.2 Å². The van der Waals surface area contributed by atoms with Crippen molar-refractivity contribution < 1.29 is 13.9 Å². The van der Waals surface area contributed by atoms with Crippen molar-refractivity contribution in [3.63, 3.8) is 0 Å². The Balaban J connectivity index is 1.68. The van der Waals surface area contributed by atoms with Crippen LogP contribution < -0.4 is 5.32 Å². The highest BCUT2D eigenvalue weighted by atomic mass is 19.1. The number of hydrogen-bond donors (Lipinski definition) is 1. The maximum Gasteiger partial charge on any atom is 0.337 e. The molecule has 1 N–H and O–H groups in total. The molecule has 3 rings (SSSR count). The van der Waals surface area contributed by atoms with Gasteiger partial charge in [0, 0.05) is 23.8 Å². The molecule has 0 radical (unpaired) electrons. The summed E-state index contributed by atoms with van der Waals surface area (Å²) < 4.78 is 19.9. The molecule has 2 aromatic carbocycles. The third-order valence-corrected chi connectivity index (χ3v) is 4.55. The van der Waals surface area contributed by atoms with E-state index in [-0.39, 0.29) is 17.8 Å². The van der Waals surface area contributed by atoms with Crippen molar-refractivity contribution in [2.45, 2.75) is 26.4 Å². The van der Waals surface area contributed by atoms with Crippen molar-refractivity contribution in [1.82, 2.24) is 15.1 Å². The van der Waals surface area contributed by atoms with Crippen molar-refractivity contribution >= 4 is 5.97 Å². The van der Waals surface area contributed by atoms with Crippen molar-refractivity contribution in [2.75, 3.05) is 7.11 Å². The highest BCUT2D eigenvalue weighted by Gasteiger charge is 2.14. The lowest BCUT2D eigenvalue weighted by molar-refractivity contribution is 0.0600. The minimum Gasteiger partial charge on any atom is -0.465 e. The van der Waals surface area contributed by atoms with E-state index < -0.39 is 0 Å². The van der Waals surface area contributed by atoms with Crippen LogP contribution in [0.15, 0.2) is 54.7 Å². The summed E-state index contributed by atoms with van der Waals surface area (Å²) >= 11 is 0. The monoisotopic (exact) mass is 367 g/mol. The second-order valence-corrected chi connectivity index (χ2v) is 6.37. The summed E-state index contributed by atoms with van der Waals surface area (Å²) in [4.78, 5) is 11.5. The van der Waals surface area contributed by atoms with E-state index >= 15 is 0 Å². The van der Waals surface area contributed by atoms with Crippen LogP contribution in [0.5, 0.6) is 0 Å². The van der Waals surface area contributed by atoms with E-state index in [1.807, 2.05) is 25.1 Å². The number of aromatic nitrogens is 2. The Labute approximate surface area is 157 Å². The van der Waals surface area contributed by atoms with E-state index in [0.29, 0.717) is 17.8 Å². The average Bonchev–Trinajstić information content (AvgIpc) is 3.07. The molecule has 1 heterocycles. The number of halogens is 1. The number of benzene rings is 2. The molecule has 0 unspecified atom stereocenters. The SMILES string of the molecule is COC(=O)c1ccc(CN[C@@H](C)c2cnn(-c3cccc(F)c3)c2C)cc1. The lowest BCUT2D eigenvalue weighted by Crippen LogP contribution is -2.18. The minimum atomic E-state index is -0.344. The van der Waals surface area contributed by atoms with Gasteiger partial charge in [-0.25, -0.2) is 13.9 Å². The first kappa shape index (κ1) is 18.8. The highest BCUT2D eigenvalue weighted by Crippen LogP contribution is 2.21. The van der Waals surface area contributed by atoms with Gasteiger partial charge in [0.05, 0.1) is 24.6 Å². The number of carbonyl (C=O) groups excluding carboxylic acids is 1. The first-order valence-electron chi connectivity index (χ1n) is 8.70. The summed E-state index contributed by atoms with van der Waals surface area (Å²) in [5, 5.41) is 7.85. The highest BCUT2D eigenvalue weighted by molar-refractivity contribution is 5.89. The van der Waals surface area contributed by atoms with Crippen LogP contribution in [0.2, 0.25) is 0 Å². The van der Waals surface area contributed by atoms with Gasteiger partial charge < -0.3 is 10.1 Å². The number of nitrogens with zero attached hydrogens (tertiary/aromatic N) is 2. The summed E-state index contributed by atoms with van der Waals surface area (Å²) in [6.45, 7) is 4.67. The Hall–Kier alpha value is -2.99. The molecule has 5 nitrogen and oxygen atoms in total. The fourth-order valence-electron chi connectivity index (χ4n) is 2.97. The molecule has 0 saturated carbocycles. The normalized spacial score (nSPS) is 12.0. The zero-order valence-electron chi connectivity index (χ0n) is 15.6. The lowest BCUT2D eigenvalue weighted by atomic mass is 10.1. The molecule has 27 heavy (non-hydrogen) atoms. The molecule has 0 fully saturated rings. The Kier molecular flexibility index (Phi) is 5.66. The van der Waals surface area contributed by atoms with Gasteiger partial charge in [0.15, 0.2) is 0 Å². The predicted octanol–water partition coefficient (Wildman–Crippen LogP) is 3.96. The number of ether oxygens (including phenoxy) is 1. The Bertz CT molecular complexity index is 935. The number of hydrogen-bond acceptors (Lipinski definition) is 4. The first-order valence-corrected chi connectivity index (χ1v) is 8.70. The van der Waals surface area contributed by atoms with Crippen LogP contribution >= 0.6 is 0 Å². The Morgan fingerprint density at radius 2 is 2.00 bits per heavy atom. The van der Waals surface area contributed by atoms with Crippen LogP contribution in [0.4, 0.5) is 4.39 Å². The topological polar surface area (TPSA) is 56.1 Å². The Morgan fingerprint density at radius 1 is 1.26 bits per heavy atom. The molecule has 0 aliphatic rings. The zero-order chi connectivity index (χ0) is 19.4. The number of esters is 1. The van der Waals surface area contributed by atoms with Gasteiger partial charge in [0.1, 0.15) is 5.82 Å². The third kappa shape index (κ3) is 4.23. The number of nitrogens with one attached hydrogen (secondary N) is 1. The molecule has 6 heteroatoms. The van der Waals surface area contributed by atoms with Gasteiger partial charge in [-0.3, -0.25) is 0 Å². The largest absolute Gasteiger partial charge is 0.465 e. The zero-order valence-corrected chi connectivity index (χ0v) is 15.6. The maximum absolute atomic E-state index is 13.5. The van der Waals surface area contributed by atoms with Gasteiger partial charge in [-0.2, -0.15) is 5.10 Å². The van der Waals surface area contributed by atoms with Crippen LogP contribution in [0.25, 0.3) is 5.69 Å². The second kappa shape index (κ2) is 8.14. The van der Waals surface area contributed by atoms with Crippen molar-refractivity contribution in [1.29, 1.82) is 0 Å². The molecule has 3 aromatic rings. The average molecular weight is 367 g/mol. The molecule has 0 bridgehead atoms. The smallest absolute Gasteiger partial charge is 0.337 e. The summed E-state index contributed by atoms with van der Waals surface area (Å²) in [7, 11) is 1.37. The van der Waals surface area contributed by atoms with Crippen LogP contribution in [0.3, 0.4) is 0 Å². The first-order chi connectivity index (χ1) is 13.0. The van der Waals surface area contributed by atoms with E-state index in [4.69, 9.17) is 4.74 Å². The lowest BCUT2D eigenvalue weighted by Gasteiger charge is -2.14. The predicted molar refractivity (Wildman–Crippen MR) is 101 cm³/mol. The van der Waals surface area contributed by atoms with Crippen LogP contribution in [-0.2, 0) is 11.3 Å². The molecule has 1 aromatic heterocycles. The molecule has 0 aliphatic heterocycles. The van der Waals surface area contributed by atoms with E-state index in [2.05, 4.69) is 17.3 Å². The fraction of sp³-hybridized carbons (Fsp3) is 0.238. The fourth-order valence-corrected chi connectivity index (χ4v) is 2.97. The number of rotatable bonds is 6. The molecule has 0 saturated heterocycles. The standard InChI is InChI=1S/C21H22FN3O2/c1-14(23-12-16-7-9-17(10-8-16)21(26)27-3)20-13-24-25(15(20)2)19-6-4-5-18(22)11-19/h4-11,13-14,23H,12H2,1-3H3/t14-/m0/s1. The van der Waals surface area contributed by atoms with Crippen LogP contribution in [0, 0.1) is 12.7 Å². The van der Waals surface area contributed by atoms with Gasteiger partial charge in [-0.1, -0.05) is 18.2 Å². The summed E-state index contributed by atoms with van der Waals surface area (Å²) in [5.74, 6) is -0.631. The second-order valence-electron chi connectivity index (χ2n) is 6.37. The third-order valence-electron chi connectivity index (χ3n) is 4.55. The molecule has 1 atom stereocenters. The van der Waals surface area contributed by atoms with Crippen LogP contribution in [-0.4, -0.2) is 22.9 Å². The van der Waals surface area contributed by atoms with E-state index in [0.717, 1.165) is 16.8 Å². The Morgan fingerprint density at radius 3 is 2.67 bits per heavy atom. The van der Waals surface area contributed by atoms with Gasteiger partial charge >= 0.3 is 5.97 Å². The van der Waals surface area contributed by atoms with Crippen molar-refractivity contribution in [3.05, 3.63) is 82.9 Å². The summed E-state index contributed by atoms with van der Waals surface area (Å²) in [5.41, 5.74) is 4.29. The van der Waals surface area contributed by atoms with E-state index in [1.54, 1.807) is 29.1 Å².